The van der Waals surface area contributed by atoms with Crippen molar-refractivity contribution in [1.29, 1.82) is 0 Å². The number of halogens is 2. The average Bonchev–Trinajstić information content (AvgIpc) is 2.67. The molecular formula is C17H15ClFN5O2S. The van der Waals surface area contributed by atoms with Gasteiger partial charge < -0.3 is 15.1 Å². The summed E-state index contributed by atoms with van der Waals surface area (Å²) in [5.74, 6) is -0.101. The first-order valence-electron chi connectivity index (χ1n) is 8.30. The fourth-order valence-electron chi connectivity index (χ4n) is 3.08. The molecule has 1 saturated heterocycles. The molecule has 7 nitrogen and oxygen atoms in total. The van der Waals surface area contributed by atoms with E-state index < -0.39 is 5.82 Å². The topological polar surface area (TPSA) is 78.4 Å². The predicted octanol–water partition coefficient (Wildman–Crippen LogP) is 2.28. The third-order valence-electron chi connectivity index (χ3n) is 4.42. The van der Waals surface area contributed by atoms with Crippen molar-refractivity contribution in [1.82, 2.24) is 14.9 Å². The van der Waals surface area contributed by atoms with Gasteiger partial charge in [0.05, 0.1) is 11.3 Å². The van der Waals surface area contributed by atoms with Crippen LogP contribution in [0.25, 0.3) is 0 Å². The molecule has 10 heteroatoms. The molecule has 0 spiro atoms. The molecule has 1 N–H and O–H groups in total. The fraction of sp³-hybridized carbons (Fsp3) is 0.294. The molecule has 1 aromatic carbocycles. The third kappa shape index (κ3) is 3.57. The Hall–Kier alpha value is -2.39. The summed E-state index contributed by atoms with van der Waals surface area (Å²) in [7, 11) is 0. The minimum Gasteiger partial charge on any atom is -0.351 e. The minimum atomic E-state index is -0.625. The van der Waals surface area contributed by atoms with Gasteiger partial charge in [0.15, 0.2) is 5.82 Å². The van der Waals surface area contributed by atoms with Crippen molar-refractivity contribution in [2.75, 3.05) is 42.1 Å². The molecule has 0 radical (unpaired) electrons. The van der Waals surface area contributed by atoms with Crippen LogP contribution in [0.2, 0.25) is 5.02 Å². The highest BCUT2D eigenvalue weighted by Crippen LogP contribution is 2.35. The van der Waals surface area contributed by atoms with E-state index in [9.17, 15) is 14.0 Å². The molecule has 2 aliphatic rings. The number of carbonyl (C=O) groups excluding carboxylic acids is 2. The standard InChI is InChI=1S/C17H15ClFN5O2S/c18-10-1-2-11(12(19)7-10)17(26)24-5-3-23(4-6-24)15-14-16(21-9-20-15)27-8-13(25)22-14/h1-2,7,9H,3-6,8H2,(H,22,25). The monoisotopic (exact) mass is 407 g/mol. The molecule has 3 heterocycles. The lowest BCUT2D eigenvalue weighted by Crippen LogP contribution is -2.49. The lowest BCUT2D eigenvalue weighted by molar-refractivity contribution is -0.113. The maximum atomic E-state index is 14.0. The number of hydrogen-bond acceptors (Lipinski definition) is 6. The number of fused-ring (bicyclic) bond motifs is 1. The van der Waals surface area contributed by atoms with E-state index in [1.807, 2.05) is 4.90 Å². The van der Waals surface area contributed by atoms with Crippen molar-refractivity contribution in [3.05, 3.63) is 40.9 Å². The van der Waals surface area contributed by atoms with E-state index in [0.29, 0.717) is 43.4 Å². The average molecular weight is 408 g/mol. The number of benzene rings is 1. The van der Waals surface area contributed by atoms with Crippen molar-refractivity contribution in [3.63, 3.8) is 0 Å². The van der Waals surface area contributed by atoms with Crippen molar-refractivity contribution >= 4 is 46.7 Å². The summed E-state index contributed by atoms with van der Waals surface area (Å²) in [6, 6.07) is 4.04. The number of carbonyl (C=O) groups is 2. The second-order valence-electron chi connectivity index (χ2n) is 6.12. The van der Waals surface area contributed by atoms with Crippen LogP contribution in [0.1, 0.15) is 10.4 Å². The first kappa shape index (κ1) is 18.0. The predicted molar refractivity (Wildman–Crippen MR) is 101 cm³/mol. The van der Waals surface area contributed by atoms with Gasteiger partial charge in [-0.2, -0.15) is 0 Å². The summed E-state index contributed by atoms with van der Waals surface area (Å²) in [6.07, 6.45) is 1.47. The van der Waals surface area contributed by atoms with Crippen LogP contribution in [0.4, 0.5) is 15.9 Å². The number of nitrogens with zero attached hydrogens (tertiary/aromatic N) is 4. The van der Waals surface area contributed by atoms with Crippen molar-refractivity contribution in [2.24, 2.45) is 0 Å². The smallest absolute Gasteiger partial charge is 0.256 e. The molecule has 1 fully saturated rings. The lowest BCUT2D eigenvalue weighted by Gasteiger charge is -2.36. The quantitative estimate of drug-likeness (QED) is 0.769. The highest BCUT2D eigenvalue weighted by atomic mass is 35.5. The van der Waals surface area contributed by atoms with E-state index in [0.717, 1.165) is 11.1 Å². The molecule has 0 aliphatic carbocycles. The SMILES string of the molecule is O=C1CSc2ncnc(N3CCN(C(=O)c4ccc(Cl)cc4F)CC3)c2N1. The number of anilines is 2. The van der Waals surface area contributed by atoms with E-state index in [-0.39, 0.29) is 22.4 Å². The molecule has 0 bridgehead atoms. The minimum absolute atomic E-state index is 0.0101. The molecule has 1 aromatic heterocycles. The number of hydrogen-bond donors (Lipinski definition) is 1. The second-order valence-corrected chi connectivity index (χ2v) is 7.52. The van der Waals surface area contributed by atoms with Crippen molar-refractivity contribution < 1.29 is 14.0 Å². The maximum absolute atomic E-state index is 14.0. The van der Waals surface area contributed by atoms with Crippen LogP contribution in [0.3, 0.4) is 0 Å². The molecule has 140 valence electrons. The van der Waals surface area contributed by atoms with Gasteiger partial charge in [-0.1, -0.05) is 23.4 Å². The normalized spacial score (nSPS) is 16.7. The van der Waals surface area contributed by atoms with Crippen LogP contribution >= 0.6 is 23.4 Å². The Balaban J connectivity index is 1.48. The number of rotatable bonds is 2. The molecule has 0 unspecified atom stereocenters. The van der Waals surface area contributed by atoms with Gasteiger partial charge in [0.2, 0.25) is 5.91 Å². The Labute approximate surface area is 163 Å². The van der Waals surface area contributed by atoms with Crippen molar-refractivity contribution in [2.45, 2.75) is 5.03 Å². The van der Waals surface area contributed by atoms with E-state index in [1.165, 1.54) is 30.2 Å². The van der Waals surface area contributed by atoms with Gasteiger partial charge in [-0.3, -0.25) is 9.59 Å². The number of piperazine rings is 1. The molecule has 0 saturated carbocycles. The molecule has 2 aromatic rings. The number of nitrogens with one attached hydrogen (secondary N) is 1. The molecule has 0 atom stereocenters. The summed E-state index contributed by atoms with van der Waals surface area (Å²) in [4.78, 5) is 36.4. The fourth-order valence-corrected chi connectivity index (χ4v) is 3.99. The Morgan fingerprint density at radius 3 is 2.74 bits per heavy atom. The highest BCUT2D eigenvalue weighted by Gasteiger charge is 2.28. The van der Waals surface area contributed by atoms with Crippen LogP contribution in [0.5, 0.6) is 0 Å². The Bertz CT molecular complexity index is 920. The van der Waals surface area contributed by atoms with Gasteiger partial charge in [-0.05, 0) is 18.2 Å². The van der Waals surface area contributed by atoms with Crippen LogP contribution in [-0.2, 0) is 4.79 Å². The van der Waals surface area contributed by atoms with E-state index in [2.05, 4.69) is 15.3 Å². The summed E-state index contributed by atoms with van der Waals surface area (Å²) in [5, 5.41) is 3.82. The summed E-state index contributed by atoms with van der Waals surface area (Å²) >= 11 is 7.12. The molecule has 2 amide bonds. The first-order chi connectivity index (χ1) is 13.0. The highest BCUT2D eigenvalue weighted by molar-refractivity contribution is 8.00. The first-order valence-corrected chi connectivity index (χ1v) is 9.66. The lowest BCUT2D eigenvalue weighted by atomic mass is 10.1. The van der Waals surface area contributed by atoms with Crippen LogP contribution in [0, 0.1) is 5.82 Å². The summed E-state index contributed by atoms with van der Waals surface area (Å²) < 4.78 is 14.0. The van der Waals surface area contributed by atoms with E-state index in [1.54, 1.807) is 4.90 Å². The third-order valence-corrected chi connectivity index (χ3v) is 5.65. The molecule has 27 heavy (non-hydrogen) atoms. The van der Waals surface area contributed by atoms with Crippen molar-refractivity contribution in [3.8, 4) is 0 Å². The summed E-state index contributed by atoms with van der Waals surface area (Å²) in [5.41, 5.74) is 0.623. The zero-order chi connectivity index (χ0) is 19.0. The van der Waals surface area contributed by atoms with E-state index in [4.69, 9.17) is 11.6 Å². The molecular weight excluding hydrogens is 393 g/mol. The Morgan fingerprint density at radius 1 is 1.22 bits per heavy atom. The zero-order valence-corrected chi connectivity index (χ0v) is 15.7. The maximum Gasteiger partial charge on any atom is 0.256 e. The van der Waals surface area contributed by atoms with Gasteiger partial charge in [0.25, 0.3) is 5.91 Å². The number of thioether (sulfide) groups is 1. The van der Waals surface area contributed by atoms with Gasteiger partial charge in [0.1, 0.15) is 22.9 Å². The van der Waals surface area contributed by atoms with Gasteiger partial charge in [-0.15, -0.1) is 0 Å². The molecule has 2 aliphatic heterocycles. The molecule has 4 rings (SSSR count). The van der Waals surface area contributed by atoms with E-state index >= 15 is 0 Å². The number of aromatic nitrogens is 2. The Kier molecular flexibility index (Phi) is 4.88. The number of amides is 2. The van der Waals surface area contributed by atoms with Gasteiger partial charge in [-0.25, -0.2) is 14.4 Å². The van der Waals surface area contributed by atoms with Gasteiger partial charge >= 0.3 is 0 Å². The largest absolute Gasteiger partial charge is 0.351 e. The van der Waals surface area contributed by atoms with Crippen LogP contribution in [0.15, 0.2) is 29.6 Å². The van der Waals surface area contributed by atoms with Gasteiger partial charge in [0, 0.05) is 31.2 Å². The zero-order valence-electron chi connectivity index (χ0n) is 14.1. The second kappa shape index (κ2) is 7.32. The summed E-state index contributed by atoms with van der Waals surface area (Å²) in [6.45, 7) is 1.87. The Morgan fingerprint density at radius 2 is 2.00 bits per heavy atom. The van der Waals surface area contributed by atoms with Crippen LogP contribution < -0.4 is 10.2 Å². The van der Waals surface area contributed by atoms with Crippen LogP contribution in [-0.4, -0.2) is 58.6 Å².